The lowest BCUT2D eigenvalue weighted by molar-refractivity contribution is 0.565. The summed E-state index contributed by atoms with van der Waals surface area (Å²) in [6.07, 6.45) is 11.4. The SMILES string of the molecule is Cn1cncc1C(NC1CC1)c1nc2c(s1)CCCC2. The van der Waals surface area contributed by atoms with Gasteiger partial charge in [-0.3, -0.25) is 0 Å². The number of hydrogen-bond donors (Lipinski definition) is 1. The molecule has 106 valence electrons. The van der Waals surface area contributed by atoms with Gasteiger partial charge in [0.15, 0.2) is 0 Å². The predicted octanol–water partition coefficient (Wildman–Crippen LogP) is 2.60. The fourth-order valence-corrected chi connectivity index (χ4v) is 4.14. The van der Waals surface area contributed by atoms with Crippen LogP contribution in [-0.4, -0.2) is 20.6 Å². The molecule has 5 heteroatoms. The number of aromatic nitrogens is 3. The summed E-state index contributed by atoms with van der Waals surface area (Å²) in [5.74, 6) is 0. The van der Waals surface area contributed by atoms with Crippen LogP contribution in [0.1, 0.15) is 53.0 Å². The second-order valence-corrected chi connectivity index (χ2v) is 7.05. The first-order valence-electron chi connectivity index (χ1n) is 7.52. The maximum Gasteiger partial charge on any atom is 0.116 e. The van der Waals surface area contributed by atoms with E-state index in [1.807, 2.05) is 23.9 Å². The lowest BCUT2D eigenvalue weighted by atomic mass is 10.0. The van der Waals surface area contributed by atoms with Gasteiger partial charge >= 0.3 is 0 Å². The third kappa shape index (κ3) is 2.29. The Kier molecular flexibility index (Phi) is 3.11. The van der Waals surface area contributed by atoms with E-state index >= 15 is 0 Å². The molecule has 0 aromatic carbocycles. The quantitative estimate of drug-likeness (QED) is 0.940. The van der Waals surface area contributed by atoms with Crippen LogP contribution < -0.4 is 5.32 Å². The summed E-state index contributed by atoms with van der Waals surface area (Å²) in [4.78, 5) is 10.7. The average Bonchev–Trinajstić information content (AvgIpc) is 3.01. The molecule has 2 aromatic rings. The molecule has 20 heavy (non-hydrogen) atoms. The smallest absolute Gasteiger partial charge is 0.116 e. The van der Waals surface area contributed by atoms with Crippen LogP contribution in [0.4, 0.5) is 0 Å². The van der Waals surface area contributed by atoms with Crippen molar-refractivity contribution in [1.29, 1.82) is 0 Å². The number of imidazole rings is 1. The first-order chi connectivity index (χ1) is 9.81. The van der Waals surface area contributed by atoms with Crippen LogP contribution in [0.3, 0.4) is 0 Å². The second-order valence-electron chi connectivity index (χ2n) is 5.93. The third-order valence-electron chi connectivity index (χ3n) is 4.24. The molecular weight excluding hydrogens is 268 g/mol. The van der Waals surface area contributed by atoms with Crippen LogP contribution in [0.25, 0.3) is 0 Å². The highest BCUT2D eigenvalue weighted by Gasteiger charge is 2.30. The average molecular weight is 288 g/mol. The van der Waals surface area contributed by atoms with Gasteiger partial charge in [0, 0.05) is 18.0 Å². The molecule has 0 aliphatic heterocycles. The second kappa shape index (κ2) is 4.97. The molecule has 1 atom stereocenters. The van der Waals surface area contributed by atoms with E-state index in [0.717, 1.165) is 6.42 Å². The molecule has 0 bridgehead atoms. The molecule has 1 N–H and O–H groups in total. The molecule has 2 heterocycles. The Bertz CT molecular complexity index is 588. The minimum atomic E-state index is 0.214. The molecule has 2 aromatic heterocycles. The van der Waals surface area contributed by atoms with Crippen molar-refractivity contribution in [2.24, 2.45) is 7.05 Å². The van der Waals surface area contributed by atoms with Crippen LogP contribution in [0.15, 0.2) is 12.5 Å². The molecule has 1 saturated carbocycles. The summed E-state index contributed by atoms with van der Waals surface area (Å²) in [7, 11) is 2.07. The fraction of sp³-hybridized carbons (Fsp3) is 0.600. The molecule has 4 rings (SSSR count). The Morgan fingerprint density at radius 1 is 1.35 bits per heavy atom. The maximum atomic E-state index is 4.94. The fourth-order valence-electron chi connectivity index (χ4n) is 2.91. The van der Waals surface area contributed by atoms with Gasteiger partial charge in [0.1, 0.15) is 11.0 Å². The van der Waals surface area contributed by atoms with E-state index in [1.165, 1.54) is 53.4 Å². The summed E-state index contributed by atoms with van der Waals surface area (Å²) < 4.78 is 2.11. The van der Waals surface area contributed by atoms with Gasteiger partial charge in [0.25, 0.3) is 0 Å². The van der Waals surface area contributed by atoms with Crippen molar-refractivity contribution in [2.75, 3.05) is 0 Å². The molecule has 1 unspecified atom stereocenters. The predicted molar refractivity (Wildman–Crippen MR) is 80.0 cm³/mol. The first-order valence-corrected chi connectivity index (χ1v) is 8.33. The topological polar surface area (TPSA) is 42.7 Å². The molecule has 0 amide bonds. The van der Waals surface area contributed by atoms with E-state index in [2.05, 4.69) is 21.9 Å². The van der Waals surface area contributed by atoms with Crippen molar-refractivity contribution in [3.63, 3.8) is 0 Å². The van der Waals surface area contributed by atoms with Crippen LogP contribution in [0, 0.1) is 0 Å². The number of rotatable bonds is 4. The van der Waals surface area contributed by atoms with E-state index < -0.39 is 0 Å². The highest BCUT2D eigenvalue weighted by molar-refractivity contribution is 7.11. The van der Waals surface area contributed by atoms with Crippen molar-refractivity contribution in [3.05, 3.63) is 33.8 Å². The molecule has 0 radical (unpaired) electrons. The zero-order valence-electron chi connectivity index (χ0n) is 11.8. The molecule has 0 saturated heterocycles. The number of aryl methyl sites for hydroxylation is 3. The number of fused-ring (bicyclic) bond motifs is 1. The number of nitrogens with zero attached hydrogens (tertiary/aromatic N) is 3. The van der Waals surface area contributed by atoms with Gasteiger partial charge in [-0.05, 0) is 38.5 Å². The lowest BCUT2D eigenvalue weighted by Crippen LogP contribution is -2.26. The summed E-state index contributed by atoms with van der Waals surface area (Å²) in [5.41, 5.74) is 2.57. The Balaban J connectivity index is 1.70. The minimum Gasteiger partial charge on any atom is -0.336 e. The standard InChI is InChI=1S/C15H20N4S/c1-19-9-16-8-12(19)14(17-10-6-7-10)15-18-11-4-2-3-5-13(11)20-15/h8-10,14,17H,2-7H2,1H3. The largest absolute Gasteiger partial charge is 0.336 e. The van der Waals surface area contributed by atoms with Gasteiger partial charge in [-0.1, -0.05) is 0 Å². The van der Waals surface area contributed by atoms with Gasteiger partial charge in [-0.15, -0.1) is 11.3 Å². The van der Waals surface area contributed by atoms with Crippen molar-refractivity contribution >= 4 is 11.3 Å². The monoisotopic (exact) mass is 288 g/mol. The lowest BCUT2D eigenvalue weighted by Gasteiger charge is -2.16. The van der Waals surface area contributed by atoms with Crippen LogP contribution in [0.2, 0.25) is 0 Å². The summed E-state index contributed by atoms with van der Waals surface area (Å²) in [5, 5.41) is 4.98. The van der Waals surface area contributed by atoms with E-state index in [9.17, 15) is 0 Å². The van der Waals surface area contributed by atoms with E-state index in [-0.39, 0.29) is 6.04 Å². The molecule has 4 nitrogen and oxygen atoms in total. The van der Waals surface area contributed by atoms with E-state index in [0.29, 0.717) is 6.04 Å². The summed E-state index contributed by atoms with van der Waals surface area (Å²) >= 11 is 1.91. The number of thiazole rings is 1. The van der Waals surface area contributed by atoms with Crippen molar-refractivity contribution in [1.82, 2.24) is 19.9 Å². The minimum absolute atomic E-state index is 0.214. The zero-order valence-corrected chi connectivity index (χ0v) is 12.6. The van der Waals surface area contributed by atoms with Crippen molar-refractivity contribution < 1.29 is 0 Å². The maximum absolute atomic E-state index is 4.94. The highest BCUT2D eigenvalue weighted by Crippen LogP contribution is 2.34. The molecule has 1 fully saturated rings. The Hall–Kier alpha value is -1.20. The number of hydrogen-bond acceptors (Lipinski definition) is 4. The van der Waals surface area contributed by atoms with Gasteiger partial charge in [-0.25, -0.2) is 9.97 Å². The van der Waals surface area contributed by atoms with E-state index in [1.54, 1.807) is 0 Å². The molecule has 0 spiro atoms. The molecular formula is C15H20N4S. The first kappa shape index (κ1) is 12.5. The Labute approximate surface area is 123 Å². The summed E-state index contributed by atoms with van der Waals surface area (Å²) in [6, 6.07) is 0.876. The van der Waals surface area contributed by atoms with Gasteiger partial charge < -0.3 is 9.88 Å². The van der Waals surface area contributed by atoms with Crippen molar-refractivity contribution in [2.45, 2.75) is 50.6 Å². The van der Waals surface area contributed by atoms with Gasteiger partial charge in [0.05, 0.1) is 23.9 Å². The van der Waals surface area contributed by atoms with Gasteiger partial charge in [0.2, 0.25) is 0 Å². The molecule has 2 aliphatic carbocycles. The van der Waals surface area contributed by atoms with Crippen molar-refractivity contribution in [3.8, 4) is 0 Å². The van der Waals surface area contributed by atoms with Crippen LogP contribution >= 0.6 is 11.3 Å². The highest BCUT2D eigenvalue weighted by atomic mass is 32.1. The van der Waals surface area contributed by atoms with Gasteiger partial charge in [-0.2, -0.15) is 0 Å². The Morgan fingerprint density at radius 3 is 2.90 bits per heavy atom. The zero-order chi connectivity index (χ0) is 13.5. The van der Waals surface area contributed by atoms with E-state index in [4.69, 9.17) is 4.98 Å². The number of nitrogens with one attached hydrogen (secondary N) is 1. The molecule has 2 aliphatic rings. The van der Waals surface area contributed by atoms with Crippen LogP contribution in [0.5, 0.6) is 0 Å². The third-order valence-corrected chi connectivity index (χ3v) is 5.46. The summed E-state index contributed by atoms with van der Waals surface area (Å²) in [6.45, 7) is 0. The normalized spacial score (nSPS) is 19.9. The Morgan fingerprint density at radius 2 is 2.20 bits per heavy atom. The van der Waals surface area contributed by atoms with Crippen LogP contribution in [-0.2, 0) is 19.9 Å².